The largest absolute Gasteiger partial charge is 1.00 e. The molecule has 1 aliphatic rings. The van der Waals surface area contributed by atoms with Crippen LogP contribution in [0.1, 0.15) is 34.5 Å². The van der Waals surface area contributed by atoms with Crippen molar-refractivity contribution in [2.45, 2.75) is 19.9 Å². The number of likely N-dealkylation sites (tertiary alicyclic amines) is 1. The monoisotopic (exact) mass is 415 g/mol. The zero-order valence-corrected chi connectivity index (χ0v) is 20.9. The first-order chi connectivity index (χ1) is 13.3. The molecule has 1 aromatic heterocycles. The first-order valence-electron chi connectivity index (χ1n) is 9.23. The van der Waals surface area contributed by atoms with Crippen molar-refractivity contribution in [3.05, 3.63) is 78.4 Å². The van der Waals surface area contributed by atoms with Crippen molar-refractivity contribution < 1.29 is 60.7 Å². The first kappa shape index (κ1) is 23.8. The fourth-order valence-corrected chi connectivity index (χ4v) is 3.00. The van der Waals surface area contributed by atoms with Crippen molar-refractivity contribution in [3.63, 3.8) is 0 Å². The van der Waals surface area contributed by atoms with Crippen LogP contribution in [-0.4, -0.2) is 41.7 Å². The van der Waals surface area contributed by atoms with Crippen LogP contribution in [0.25, 0.3) is 0 Å². The van der Waals surface area contributed by atoms with E-state index < -0.39 is 0 Å². The molecule has 2 aromatic rings. The Morgan fingerprint density at radius 1 is 1.34 bits per heavy atom. The van der Waals surface area contributed by atoms with Crippen LogP contribution in [0, 0.1) is 19.7 Å². The van der Waals surface area contributed by atoms with Crippen LogP contribution >= 0.6 is 0 Å². The minimum Gasteiger partial charge on any atom is -0.560 e. The quantitative estimate of drug-likeness (QED) is 0.308. The molecular weight excluding hydrogens is 389 g/mol. The number of benzene rings is 1. The van der Waals surface area contributed by atoms with Crippen molar-refractivity contribution >= 4 is 17.3 Å². The normalized spacial score (nSPS) is 17.0. The van der Waals surface area contributed by atoms with E-state index in [1.807, 2.05) is 44.2 Å². The van der Waals surface area contributed by atoms with Crippen LogP contribution < -0.4 is 62.0 Å². The van der Waals surface area contributed by atoms with Gasteiger partial charge < -0.3 is 26.3 Å². The number of nitrogens with zero attached hydrogens (tertiary/aromatic N) is 3. The molecule has 146 valence electrons. The number of aromatic nitrogens is 1. The van der Waals surface area contributed by atoms with Gasteiger partial charge >= 0.3 is 51.4 Å². The Balaban J connectivity index is 0.00000300. The predicted molar refractivity (Wildman–Crippen MR) is 111 cm³/mol. The van der Waals surface area contributed by atoms with E-state index in [0.717, 1.165) is 33.6 Å². The molecule has 0 spiro atoms. The molecular formula is C22H26KN5O. The predicted octanol–water partition coefficient (Wildman–Crippen LogP) is 0.264. The Labute approximate surface area is 215 Å². The van der Waals surface area contributed by atoms with E-state index in [4.69, 9.17) is 0 Å². The number of carbonyl (C=O) groups excluding carboxylic acids is 1. The third kappa shape index (κ3) is 7.06. The number of amides is 1. The summed E-state index contributed by atoms with van der Waals surface area (Å²) in [7, 11) is 4.27. The molecule has 2 heterocycles. The molecule has 0 radical (unpaired) electrons. The summed E-state index contributed by atoms with van der Waals surface area (Å²) < 4.78 is 0.869. The summed E-state index contributed by atoms with van der Waals surface area (Å²) in [4.78, 5) is 20.8. The van der Waals surface area contributed by atoms with Crippen LogP contribution in [0.4, 0.5) is 5.69 Å². The maximum atomic E-state index is 12.4. The van der Waals surface area contributed by atoms with Crippen LogP contribution in [0.15, 0.2) is 53.9 Å². The van der Waals surface area contributed by atoms with Crippen molar-refractivity contribution in [2.75, 3.05) is 26.0 Å². The molecule has 1 fully saturated rings. The molecule has 7 heteroatoms. The fraction of sp³-hybridized carbons (Fsp3) is 0.273. The van der Waals surface area contributed by atoms with Gasteiger partial charge in [-0.25, -0.2) is 0 Å². The fourth-order valence-electron chi connectivity index (χ4n) is 3.00. The number of hydrogen-bond donors (Lipinski definition) is 2. The molecule has 0 bridgehead atoms. The topological polar surface area (TPSA) is 66.4 Å². The summed E-state index contributed by atoms with van der Waals surface area (Å²) in [6.07, 6.45) is 7.97. The molecule has 1 amide bonds. The summed E-state index contributed by atoms with van der Waals surface area (Å²) >= 11 is 0. The minimum atomic E-state index is -0.172. The molecule has 29 heavy (non-hydrogen) atoms. The SMILES string of the molecule is Cc1cncc(C(=O)Nc2cccc(C(C)N[C-]=CN=C3[CH-][N+](C)(C)C3)c2)c1.[K+]. The number of aliphatic imine (C=N–C) groups is 1. The van der Waals surface area contributed by atoms with E-state index in [1.165, 1.54) is 0 Å². The summed E-state index contributed by atoms with van der Waals surface area (Å²) in [6.45, 7) is 6.99. The van der Waals surface area contributed by atoms with Gasteiger partial charge in [0, 0.05) is 38.2 Å². The number of quaternary nitrogens is 1. The molecule has 3 rings (SSSR count). The smallest absolute Gasteiger partial charge is 0.560 e. The van der Waals surface area contributed by atoms with Crippen molar-refractivity contribution in [1.82, 2.24) is 10.3 Å². The van der Waals surface area contributed by atoms with Gasteiger partial charge in [0.25, 0.3) is 5.91 Å². The molecule has 0 aliphatic carbocycles. The molecule has 0 saturated carbocycles. The van der Waals surface area contributed by atoms with E-state index in [1.54, 1.807) is 18.6 Å². The zero-order chi connectivity index (χ0) is 20.1. The molecule has 1 aliphatic heterocycles. The van der Waals surface area contributed by atoms with E-state index >= 15 is 0 Å². The third-order valence-electron chi connectivity index (χ3n) is 4.44. The Bertz CT molecular complexity index is 913. The van der Waals surface area contributed by atoms with Gasteiger partial charge in [0.15, 0.2) is 0 Å². The average Bonchev–Trinajstić information content (AvgIpc) is 2.63. The second-order valence-corrected chi connectivity index (χ2v) is 7.66. The standard InChI is InChI=1S/C22H26N5O.K/c1-16-10-19(13-23-12-16)22(28)26-20-7-5-6-18(11-20)17(2)24-8-9-25-21-14-27(3,4)15-21;/h5-7,9-14,17,24H,15H2,1-4H3,(H,26,28);/q-1;+1. The van der Waals surface area contributed by atoms with Crippen molar-refractivity contribution in [3.8, 4) is 0 Å². The summed E-state index contributed by atoms with van der Waals surface area (Å²) in [6, 6.07) is 9.60. The number of hydrogen-bond acceptors (Lipinski definition) is 4. The Hall–Kier alpha value is -1.48. The first-order valence-corrected chi connectivity index (χ1v) is 9.23. The molecule has 1 saturated heterocycles. The van der Waals surface area contributed by atoms with E-state index in [-0.39, 0.29) is 63.3 Å². The van der Waals surface area contributed by atoms with Crippen LogP contribution in [0.2, 0.25) is 0 Å². The van der Waals surface area contributed by atoms with E-state index in [0.29, 0.717) is 5.56 Å². The van der Waals surface area contributed by atoms with Gasteiger partial charge in [-0.3, -0.25) is 9.78 Å². The third-order valence-corrected chi connectivity index (χ3v) is 4.44. The number of aryl methyl sites for hydroxylation is 1. The summed E-state index contributed by atoms with van der Waals surface area (Å²) in [5.74, 6) is -0.172. The van der Waals surface area contributed by atoms with E-state index in [9.17, 15) is 4.79 Å². The second-order valence-electron chi connectivity index (χ2n) is 7.66. The van der Waals surface area contributed by atoms with E-state index in [2.05, 4.69) is 47.5 Å². The van der Waals surface area contributed by atoms with Crippen molar-refractivity contribution in [2.24, 2.45) is 4.99 Å². The van der Waals surface area contributed by atoms with Gasteiger partial charge in [-0.2, -0.15) is 6.54 Å². The van der Waals surface area contributed by atoms with Gasteiger partial charge in [-0.05, 0) is 48.9 Å². The number of carbonyl (C=O) groups is 1. The van der Waals surface area contributed by atoms with Gasteiger partial charge in [0.2, 0.25) is 0 Å². The maximum absolute atomic E-state index is 12.4. The Kier molecular flexibility index (Phi) is 8.63. The van der Waals surface area contributed by atoms with Crippen LogP contribution in [0.5, 0.6) is 0 Å². The van der Waals surface area contributed by atoms with Crippen LogP contribution in [0.3, 0.4) is 0 Å². The summed E-state index contributed by atoms with van der Waals surface area (Å²) in [5, 5.41) is 6.11. The number of pyridine rings is 1. The molecule has 1 unspecified atom stereocenters. The Morgan fingerprint density at radius 2 is 2.10 bits per heavy atom. The van der Waals surface area contributed by atoms with Gasteiger partial charge in [0.1, 0.15) is 0 Å². The molecule has 2 N–H and O–H groups in total. The van der Waals surface area contributed by atoms with Crippen LogP contribution in [-0.2, 0) is 0 Å². The number of rotatable bonds is 6. The summed E-state index contributed by atoms with van der Waals surface area (Å²) in [5.41, 5.74) is 4.35. The molecule has 1 atom stereocenters. The number of nitrogens with one attached hydrogen (secondary N) is 2. The van der Waals surface area contributed by atoms with Crippen molar-refractivity contribution in [1.29, 1.82) is 0 Å². The Morgan fingerprint density at radius 3 is 2.79 bits per heavy atom. The van der Waals surface area contributed by atoms with Gasteiger partial charge in [0.05, 0.1) is 12.1 Å². The molecule has 6 nitrogen and oxygen atoms in total. The maximum Gasteiger partial charge on any atom is 1.00 e. The molecule has 1 aromatic carbocycles. The van der Waals surface area contributed by atoms with Gasteiger partial charge in [-0.1, -0.05) is 12.1 Å². The second kappa shape index (κ2) is 10.5. The zero-order valence-electron chi connectivity index (χ0n) is 17.7. The number of anilines is 1. The van der Waals surface area contributed by atoms with Gasteiger partial charge in [-0.15, -0.1) is 6.20 Å². The average molecular weight is 416 g/mol. The minimum absolute atomic E-state index is 0.